The molecule has 0 bridgehead atoms. The van der Waals surface area contributed by atoms with E-state index in [4.69, 9.17) is 16.2 Å². The number of hydrogen-bond acceptors (Lipinski definition) is 4. The van der Waals surface area contributed by atoms with Gasteiger partial charge in [-0.1, -0.05) is 59.1 Å². The fourth-order valence-corrected chi connectivity index (χ4v) is 4.49. The predicted molar refractivity (Wildman–Crippen MR) is 132 cm³/mol. The zero-order valence-corrected chi connectivity index (χ0v) is 20.7. The summed E-state index contributed by atoms with van der Waals surface area (Å²) in [4.78, 5) is 36.6. The third kappa shape index (κ3) is 6.16. The molecule has 0 radical (unpaired) electrons. The molecule has 2 aromatic carbocycles. The molecule has 0 saturated carbocycles. The van der Waals surface area contributed by atoms with E-state index in [1.807, 2.05) is 26.8 Å². The van der Waals surface area contributed by atoms with E-state index in [1.165, 1.54) is 19.2 Å². The SMILES string of the molecule is CCCCCC(c1ccc(C(=O)O)cc1OC)C(C(N)=O)c1cc(C(N)=O)ccc1C(C)(C)C. The van der Waals surface area contributed by atoms with Gasteiger partial charge in [-0.3, -0.25) is 9.59 Å². The molecule has 2 aromatic rings. The fourth-order valence-electron chi connectivity index (χ4n) is 4.49. The molecule has 2 amide bonds. The first kappa shape index (κ1) is 26.9. The molecule has 0 aliphatic heterocycles. The first-order valence-electron chi connectivity index (χ1n) is 11.6. The zero-order valence-electron chi connectivity index (χ0n) is 20.7. The van der Waals surface area contributed by atoms with Crippen LogP contribution < -0.4 is 16.2 Å². The highest BCUT2D eigenvalue weighted by Gasteiger charge is 2.35. The number of nitrogens with two attached hydrogens (primary N) is 2. The molecular weight excluding hydrogens is 432 g/mol. The third-order valence-corrected chi connectivity index (χ3v) is 6.19. The Kier molecular flexibility index (Phi) is 8.85. The number of ether oxygens (including phenoxy) is 1. The number of unbranched alkanes of at least 4 members (excludes halogenated alkanes) is 2. The third-order valence-electron chi connectivity index (χ3n) is 6.19. The first-order chi connectivity index (χ1) is 15.9. The maximum atomic E-state index is 13.1. The number of benzene rings is 2. The molecule has 0 fully saturated rings. The highest BCUT2D eigenvalue weighted by Crippen LogP contribution is 2.44. The van der Waals surface area contributed by atoms with Crippen LogP contribution in [-0.4, -0.2) is 30.0 Å². The molecule has 2 unspecified atom stereocenters. The Morgan fingerprint density at radius 2 is 1.62 bits per heavy atom. The van der Waals surface area contributed by atoms with Crippen LogP contribution in [0, 0.1) is 0 Å². The largest absolute Gasteiger partial charge is 0.496 e. The van der Waals surface area contributed by atoms with Gasteiger partial charge in [0.05, 0.1) is 18.6 Å². The van der Waals surface area contributed by atoms with Gasteiger partial charge in [0.2, 0.25) is 11.8 Å². The van der Waals surface area contributed by atoms with E-state index in [1.54, 1.807) is 18.2 Å². The van der Waals surface area contributed by atoms with Gasteiger partial charge in [-0.25, -0.2) is 4.79 Å². The van der Waals surface area contributed by atoms with Gasteiger partial charge in [0, 0.05) is 11.5 Å². The Morgan fingerprint density at radius 1 is 0.971 bits per heavy atom. The van der Waals surface area contributed by atoms with E-state index < -0.39 is 23.7 Å². The zero-order chi connectivity index (χ0) is 25.6. The number of aromatic carboxylic acids is 1. The number of methoxy groups -OCH3 is 1. The molecule has 0 heterocycles. The quantitative estimate of drug-likeness (QED) is 0.410. The summed E-state index contributed by atoms with van der Waals surface area (Å²) in [6.45, 7) is 8.18. The van der Waals surface area contributed by atoms with Crippen molar-refractivity contribution in [1.82, 2.24) is 0 Å². The first-order valence-corrected chi connectivity index (χ1v) is 11.6. The Bertz CT molecular complexity index is 1060. The van der Waals surface area contributed by atoms with E-state index in [9.17, 15) is 19.5 Å². The standard InChI is InChI=1S/C27H36N2O5/c1-6-7-8-9-19(18-12-10-17(26(32)33)15-22(18)34-5)23(25(29)31)20-14-16(24(28)30)11-13-21(20)27(2,3)4/h10-15,19,23H,6-9H2,1-5H3,(H2,28,30)(H2,29,31)(H,32,33). The summed E-state index contributed by atoms with van der Waals surface area (Å²) < 4.78 is 5.56. The molecule has 184 valence electrons. The van der Waals surface area contributed by atoms with Crippen LogP contribution in [0.15, 0.2) is 36.4 Å². The second kappa shape index (κ2) is 11.2. The van der Waals surface area contributed by atoms with Crippen molar-refractivity contribution in [3.63, 3.8) is 0 Å². The van der Waals surface area contributed by atoms with Crippen LogP contribution in [0.5, 0.6) is 5.75 Å². The summed E-state index contributed by atoms with van der Waals surface area (Å²) in [5.74, 6) is -2.95. The van der Waals surface area contributed by atoms with Gasteiger partial charge in [-0.05, 0) is 52.8 Å². The summed E-state index contributed by atoms with van der Waals surface area (Å²) in [5.41, 5.74) is 13.9. The Morgan fingerprint density at radius 3 is 2.12 bits per heavy atom. The number of carboxylic acids is 1. The van der Waals surface area contributed by atoms with Crippen LogP contribution in [-0.2, 0) is 10.2 Å². The average Bonchev–Trinajstić information content (AvgIpc) is 2.76. The molecule has 0 aromatic heterocycles. The Labute approximate surface area is 201 Å². The average molecular weight is 469 g/mol. The van der Waals surface area contributed by atoms with E-state index in [0.29, 0.717) is 28.9 Å². The van der Waals surface area contributed by atoms with Crippen LogP contribution in [0.2, 0.25) is 0 Å². The monoisotopic (exact) mass is 468 g/mol. The lowest BCUT2D eigenvalue weighted by atomic mass is 9.72. The minimum absolute atomic E-state index is 0.0923. The molecule has 0 aliphatic rings. The minimum Gasteiger partial charge on any atom is -0.496 e. The van der Waals surface area contributed by atoms with Crippen molar-refractivity contribution < 1.29 is 24.2 Å². The number of carboxylic acid groups (broad SMARTS) is 1. The van der Waals surface area contributed by atoms with Gasteiger partial charge in [-0.15, -0.1) is 0 Å². The van der Waals surface area contributed by atoms with Crippen LogP contribution in [0.4, 0.5) is 0 Å². The highest BCUT2D eigenvalue weighted by atomic mass is 16.5. The predicted octanol–water partition coefficient (Wildman–Crippen LogP) is 4.72. The second-order valence-corrected chi connectivity index (χ2v) is 9.66. The molecule has 2 rings (SSSR count). The lowest BCUT2D eigenvalue weighted by Crippen LogP contribution is -2.30. The van der Waals surface area contributed by atoms with Gasteiger partial charge in [0.1, 0.15) is 5.75 Å². The molecular formula is C27H36N2O5. The minimum atomic E-state index is -1.07. The second-order valence-electron chi connectivity index (χ2n) is 9.66. The van der Waals surface area contributed by atoms with Crippen molar-refractivity contribution in [3.8, 4) is 5.75 Å². The van der Waals surface area contributed by atoms with Crippen molar-refractivity contribution >= 4 is 17.8 Å². The van der Waals surface area contributed by atoms with Crippen LogP contribution in [0.3, 0.4) is 0 Å². The number of rotatable bonds is 11. The molecule has 7 nitrogen and oxygen atoms in total. The van der Waals surface area contributed by atoms with E-state index >= 15 is 0 Å². The summed E-state index contributed by atoms with van der Waals surface area (Å²) >= 11 is 0. The van der Waals surface area contributed by atoms with Gasteiger partial charge in [0.25, 0.3) is 0 Å². The number of carbonyl (C=O) groups excluding carboxylic acids is 2. The van der Waals surface area contributed by atoms with E-state index in [2.05, 4.69) is 6.92 Å². The lowest BCUT2D eigenvalue weighted by molar-refractivity contribution is -0.120. The fraction of sp³-hybridized carbons (Fsp3) is 0.444. The number of carbonyl (C=O) groups is 3. The summed E-state index contributed by atoms with van der Waals surface area (Å²) in [6.07, 6.45) is 3.43. The molecule has 0 spiro atoms. The van der Waals surface area contributed by atoms with Gasteiger partial charge >= 0.3 is 5.97 Å². The van der Waals surface area contributed by atoms with Crippen molar-refractivity contribution in [2.75, 3.05) is 7.11 Å². The van der Waals surface area contributed by atoms with Crippen molar-refractivity contribution in [2.24, 2.45) is 11.5 Å². The topological polar surface area (TPSA) is 133 Å². The van der Waals surface area contributed by atoms with Crippen LogP contribution in [0.25, 0.3) is 0 Å². The number of primary amides is 2. The van der Waals surface area contributed by atoms with Crippen LogP contribution in [0.1, 0.15) is 103 Å². The normalized spacial score (nSPS) is 13.2. The maximum Gasteiger partial charge on any atom is 0.335 e. The van der Waals surface area contributed by atoms with E-state index in [-0.39, 0.29) is 16.9 Å². The summed E-state index contributed by atoms with van der Waals surface area (Å²) in [5, 5.41) is 9.42. The van der Waals surface area contributed by atoms with Crippen molar-refractivity contribution in [1.29, 1.82) is 0 Å². The number of hydrogen-bond donors (Lipinski definition) is 3. The van der Waals surface area contributed by atoms with Gasteiger partial charge in [0.15, 0.2) is 0 Å². The summed E-state index contributed by atoms with van der Waals surface area (Å²) in [7, 11) is 1.47. The molecule has 0 aliphatic carbocycles. The maximum absolute atomic E-state index is 13.1. The smallest absolute Gasteiger partial charge is 0.335 e. The molecule has 2 atom stereocenters. The van der Waals surface area contributed by atoms with Gasteiger partial charge in [-0.2, -0.15) is 0 Å². The summed E-state index contributed by atoms with van der Waals surface area (Å²) in [6, 6.07) is 9.84. The molecule has 0 saturated heterocycles. The lowest BCUT2D eigenvalue weighted by Gasteiger charge is -2.32. The molecule has 7 heteroatoms. The Hall–Kier alpha value is -3.35. The molecule has 5 N–H and O–H groups in total. The van der Waals surface area contributed by atoms with Crippen molar-refractivity contribution in [3.05, 3.63) is 64.2 Å². The Balaban J connectivity index is 2.81. The highest BCUT2D eigenvalue weighted by molar-refractivity contribution is 5.94. The van der Waals surface area contributed by atoms with E-state index in [0.717, 1.165) is 24.8 Å². The van der Waals surface area contributed by atoms with Crippen LogP contribution >= 0.6 is 0 Å². The van der Waals surface area contributed by atoms with Gasteiger partial charge < -0.3 is 21.3 Å². The molecule has 34 heavy (non-hydrogen) atoms. The van der Waals surface area contributed by atoms with Crippen molar-refractivity contribution in [2.45, 2.75) is 70.6 Å². The number of amides is 2.